The van der Waals surface area contributed by atoms with E-state index in [2.05, 4.69) is 19.2 Å². The van der Waals surface area contributed by atoms with Crippen LogP contribution in [0.4, 0.5) is 10.1 Å². The highest BCUT2D eigenvalue weighted by Gasteiger charge is 2.12. The maximum Gasteiger partial charge on any atom is 0.135 e. The van der Waals surface area contributed by atoms with Crippen molar-refractivity contribution in [2.45, 2.75) is 26.3 Å². The minimum absolute atomic E-state index is 0.0886. The largest absolute Gasteiger partial charge is 0.389 e. The van der Waals surface area contributed by atoms with Crippen LogP contribution < -0.4 is 11.1 Å². The van der Waals surface area contributed by atoms with Gasteiger partial charge in [-0.1, -0.05) is 25.2 Å². The summed E-state index contributed by atoms with van der Waals surface area (Å²) in [6.45, 7) is 4.21. The third-order valence-corrected chi connectivity index (χ3v) is 3.70. The third-order valence-electron chi connectivity index (χ3n) is 2.56. The van der Waals surface area contributed by atoms with Gasteiger partial charge in [0.05, 0.1) is 5.56 Å². The molecule has 0 spiro atoms. The van der Waals surface area contributed by atoms with Gasteiger partial charge in [0.1, 0.15) is 10.8 Å². The number of anilines is 1. The van der Waals surface area contributed by atoms with Gasteiger partial charge in [0.25, 0.3) is 0 Å². The molecule has 2 nitrogen and oxygen atoms in total. The SMILES string of the molecule is CCSCCC(C)Nc1cccc(F)c1C(N)=S. The maximum atomic E-state index is 13.6. The van der Waals surface area contributed by atoms with Crippen molar-refractivity contribution in [3.63, 3.8) is 0 Å². The van der Waals surface area contributed by atoms with Crippen LogP contribution in [0.5, 0.6) is 0 Å². The van der Waals surface area contributed by atoms with E-state index in [9.17, 15) is 4.39 Å². The van der Waals surface area contributed by atoms with Gasteiger partial charge in [0.15, 0.2) is 0 Å². The Morgan fingerprint density at radius 1 is 1.56 bits per heavy atom. The van der Waals surface area contributed by atoms with Gasteiger partial charge in [-0.05, 0) is 37.0 Å². The Kier molecular flexibility index (Phi) is 6.43. The molecule has 0 heterocycles. The lowest BCUT2D eigenvalue weighted by molar-refractivity contribution is 0.625. The summed E-state index contributed by atoms with van der Waals surface area (Å²) in [6, 6.07) is 5.10. The van der Waals surface area contributed by atoms with E-state index < -0.39 is 0 Å². The van der Waals surface area contributed by atoms with Gasteiger partial charge in [-0.15, -0.1) is 0 Å². The van der Waals surface area contributed by atoms with E-state index in [0.717, 1.165) is 17.9 Å². The molecule has 1 aromatic carbocycles. The smallest absolute Gasteiger partial charge is 0.135 e. The summed E-state index contributed by atoms with van der Waals surface area (Å²) in [6.07, 6.45) is 1.02. The number of halogens is 1. The third kappa shape index (κ3) is 4.46. The summed E-state index contributed by atoms with van der Waals surface area (Å²) in [4.78, 5) is 0.0886. The van der Waals surface area contributed by atoms with E-state index in [1.54, 1.807) is 12.1 Å². The van der Waals surface area contributed by atoms with E-state index in [0.29, 0.717) is 11.3 Å². The molecule has 18 heavy (non-hydrogen) atoms. The van der Waals surface area contributed by atoms with Crippen molar-refractivity contribution in [3.05, 3.63) is 29.6 Å². The molecule has 0 amide bonds. The lowest BCUT2D eigenvalue weighted by Crippen LogP contribution is -2.21. The Hall–Kier alpha value is -0.810. The Balaban J connectivity index is 2.72. The van der Waals surface area contributed by atoms with Crippen LogP contribution in [0.2, 0.25) is 0 Å². The number of hydrogen-bond acceptors (Lipinski definition) is 3. The molecule has 0 aliphatic rings. The standard InChI is InChI=1S/C13H19FN2S2/c1-3-18-8-7-9(2)16-11-6-4-5-10(14)12(11)13(15)17/h4-6,9,16H,3,7-8H2,1-2H3,(H2,15,17). The summed E-state index contributed by atoms with van der Waals surface area (Å²) < 4.78 is 13.6. The van der Waals surface area contributed by atoms with Crippen LogP contribution in [-0.2, 0) is 0 Å². The molecule has 0 aliphatic heterocycles. The fourth-order valence-corrected chi connectivity index (χ4v) is 2.65. The number of benzene rings is 1. The second kappa shape index (κ2) is 7.59. The predicted octanol–water partition coefficient (Wildman–Crippen LogP) is 3.40. The molecule has 5 heteroatoms. The molecular weight excluding hydrogens is 267 g/mol. The fourth-order valence-electron chi connectivity index (χ4n) is 1.64. The van der Waals surface area contributed by atoms with Gasteiger partial charge < -0.3 is 11.1 Å². The summed E-state index contributed by atoms with van der Waals surface area (Å²) in [7, 11) is 0. The van der Waals surface area contributed by atoms with Crippen molar-refractivity contribution in [3.8, 4) is 0 Å². The molecule has 0 saturated heterocycles. The zero-order valence-corrected chi connectivity index (χ0v) is 12.3. The average molecular weight is 286 g/mol. The summed E-state index contributed by atoms with van der Waals surface area (Å²) >= 11 is 6.79. The second-order valence-corrected chi connectivity index (χ2v) is 5.89. The van der Waals surface area contributed by atoms with Gasteiger partial charge >= 0.3 is 0 Å². The van der Waals surface area contributed by atoms with Crippen LogP contribution >= 0.6 is 24.0 Å². The molecular formula is C13H19FN2S2. The number of rotatable bonds is 7. The molecule has 0 saturated carbocycles. The first-order valence-electron chi connectivity index (χ1n) is 5.98. The molecule has 0 fully saturated rings. The number of hydrogen-bond donors (Lipinski definition) is 2. The zero-order valence-electron chi connectivity index (χ0n) is 10.7. The van der Waals surface area contributed by atoms with Crippen LogP contribution in [0.3, 0.4) is 0 Å². The van der Waals surface area contributed by atoms with Crippen molar-refractivity contribution < 1.29 is 4.39 Å². The van der Waals surface area contributed by atoms with Gasteiger partial charge in [-0.2, -0.15) is 11.8 Å². The van der Waals surface area contributed by atoms with Crippen LogP contribution in [0.15, 0.2) is 18.2 Å². The highest BCUT2D eigenvalue weighted by atomic mass is 32.2. The van der Waals surface area contributed by atoms with Gasteiger partial charge in [0.2, 0.25) is 0 Å². The monoisotopic (exact) mass is 286 g/mol. The number of thiocarbonyl (C=S) groups is 1. The van der Waals surface area contributed by atoms with Crippen LogP contribution in [-0.4, -0.2) is 22.5 Å². The van der Waals surface area contributed by atoms with E-state index >= 15 is 0 Å². The first-order valence-corrected chi connectivity index (χ1v) is 7.55. The van der Waals surface area contributed by atoms with Gasteiger partial charge in [-0.3, -0.25) is 0 Å². The van der Waals surface area contributed by atoms with E-state index in [-0.39, 0.29) is 16.8 Å². The molecule has 0 bridgehead atoms. The van der Waals surface area contributed by atoms with Gasteiger partial charge in [-0.25, -0.2) is 4.39 Å². The molecule has 100 valence electrons. The highest BCUT2D eigenvalue weighted by molar-refractivity contribution is 7.99. The molecule has 0 aromatic heterocycles. The molecule has 0 aliphatic carbocycles. The number of nitrogens with two attached hydrogens (primary N) is 1. The minimum atomic E-state index is -0.373. The van der Waals surface area contributed by atoms with Gasteiger partial charge in [0, 0.05) is 11.7 Å². The van der Waals surface area contributed by atoms with Crippen molar-refractivity contribution in [1.82, 2.24) is 0 Å². The Bertz CT molecular complexity index is 410. The van der Waals surface area contributed by atoms with Crippen molar-refractivity contribution in [1.29, 1.82) is 0 Å². The Labute approximate surface area is 118 Å². The molecule has 1 rings (SSSR count). The zero-order chi connectivity index (χ0) is 13.5. The highest BCUT2D eigenvalue weighted by Crippen LogP contribution is 2.20. The maximum absolute atomic E-state index is 13.6. The fraction of sp³-hybridized carbons (Fsp3) is 0.462. The molecule has 1 atom stereocenters. The normalized spacial score (nSPS) is 12.2. The minimum Gasteiger partial charge on any atom is -0.389 e. The number of nitrogens with one attached hydrogen (secondary N) is 1. The molecule has 1 aromatic rings. The quantitative estimate of drug-likeness (QED) is 0.595. The molecule has 3 N–H and O–H groups in total. The summed E-state index contributed by atoms with van der Waals surface area (Å²) in [5.74, 6) is 1.83. The molecule has 1 unspecified atom stereocenters. The van der Waals surface area contributed by atoms with E-state index in [4.69, 9.17) is 18.0 Å². The van der Waals surface area contributed by atoms with Crippen LogP contribution in [0.25, 0.3) is 0 Å². The van der Waals surface area contributed by atoms with Crippen molar-refractivity contribution in [2.24, 2.45) is 5.73 Å². The Morgan fingerprint density at radius 3 is 2.89 bits per heavy atom. The predicted molar refractivity (Wildman–Crippen MR) is 83.0 cm³/mol. The van der Waals surface area contributed by atoms with Crippen LogP contribution in [0.1, 0.15) is 25.8 Å². The first-order chi connectivity index (χ1) is 8.56. The van der Waals surface area contributed by atoms with Crippen LogP contribution in [0, 0.1) is 5.82 Å². The average Bonchev–Trinajstić information content (AvgIpc) is 2.28. The summed E-state index contributed by atoms with van der Waals surface area (Å²) in [5, 5.41) is 3.27. The summed E-state index contributed by atoms with van der Waals surface area (Å²) in [5.41, 5.74) is 6.55. The number of thioether (sulfide) groups is 1. The molecule has 0 radical (unpaired) electrons. The Morgan fingerprint density at radius 2 is 2.28 bits per heavy atom. The van der Waals surface area contributed by atoms with Crippen molar-refractivity contribution in [2.75, 3.05) is 16.8 Å². The van der Waals surface area contributed by atoms with Crippen molar-refractivity contribution >= 4 is 34.7 Å². The lowest BCUT2D eigenvalue weighted by atomic mass is 10.1. The lowest BCUT2D eigenvalue weighted by Gasteiger charge is -2.17. The second-order valence-electron chi connectivity index (χ2n) is 4.06. The van der Waals surface area contributed by atoms with E-state index in [1.165, 1.54) is 6.07 Å². The first kappa shape index (κ1) is 15.2. The topological polar surface area (TPSA) is 38.0 Å². The van der Waals surface area contributed by atoms with E-state index in [1.807, 2.05) is 11.8 Å².